The Hall–Kier alpha value is -1.01. The van der Waals surface area contributed by atoms with E-state index in [-0.39, 0.29) is 16.8 Å². The monoisotopic (exact) mass is 330 g/mol. The fourth-order valence-electron chi connectivity index (χ4n) is 2.69. The molecule has 2 saturated carbocycles. The molecular formula is C14H19ClN2O3S. The molecule has 5 nitrogen and oxygen atoms in total. The van der Waals surface area contributed by atoms with E-state index in [4.69, 9.17) is 10.7 Å². The van der Waals surface area contributed by atoms with Crippen molar-refractivity contribution in [3.05, 3.63) is 18.0 Å². The second-order valence-electron chi connectivity index (χ2n) is 6.12. The fourth-order valence-corrected chi connectivity index (χ4v) is 3.44. The summed E-state index contributed by atoms with van der Waals surface area (Å²) in [5.74, 6) is 0.475. The number of hydrogen-bond acceptors (Lipinski definition) is 3. The largest absolute Gasteiger partial charge is 0.340 e. The van der Waals surface area contributed by atoms with Crippen LogP contribution >= 0.6 is 10.7 Å². The van der Waals surface area contributed by atoms with E-state index < -0.39 is 9.05 Å². The number of carbonyl (C=O) groups is 1. The van der Waals surface area contributed by atoms with Gasteiger partial charge in [0.15, 0.2) is 0 Å². The lowest BCUT2D eigenvalue weighted by atomic mass is 9.93. The van der Waals surface area contributed by atoms with E-state index in [9.17, 15) is 13.2 Å². The Morgan fingerprint density at radius 1 is 1.38 bits per heavy atom. The van der Waals surface area contributed by atoms with Gasteiger partial charge in [-0.1, -0.05) is 0 Å². The third-order valence-corrected chi connectivity index (χ3v) is 5.69. The van der Waals surface area contributed by atoms with Crippen molar-refractivity contribution < 1.29 is 13.2 Å². The lowest BCUT2D eigenvalue weighted by Crippen LogP contribution is -2.32. The van der Waals surface area contributed by atoms with Crippen LogP contribution in [0.25, 0.3) is 0 Å². The van der Waals surface area contributed by atoms with Crippen LogP contribution in [-0.4, -0.2) is 37.4 Å². The van der Waals surface area contributed by atoms with Crippen LogP contribution in [0.3, 0.4) is 0 Å². The summed E-state index contributed by atoms with van der Waals surface area (Å²) in [4.78, 5) is 14.3. The Kier molecular flexibility index (Phi) is 3.78. The van der Waals surface area contributed by atoms with Gasteiger partial charge in [-0.15, -0.1) is 0 Å². The first-order valence-electron chi connectivity index (χ1n) is 7.28. The number of rotatable bonds is 5. The molecule has 0 unspecified atom stereocenters. The van der Waals surface area contributed by atoms with Crippen molar-refractivity contribution in [2.75, 3.05) is 13.6 Å². The zero-order valence-electron chi connectivity index (χ0n) is 12.0. The van der Waals surface area contributed by atoms with E-state index >= 15 is 0 Å². The SMILES string of the molecule is CN(CC1CC1)C(=O)c1cc(S(=O)(=O)Cl)cn1C1CCC1. The first kappa shape index (κ1) is 14.9. The van der Waals surface area contributed by atoms with Crippen LogP contribution in [0.5, 0.6) is 0 Å². The minimum absolute atomic E-state index is 0.0132. The highest BCUT2D eigenvalue weighted by atomic mass is 35.7. The van der Waals surface area contributed by atoms with Crippen LogP contribution < -0.4 is 0 Å². The van der Waals surface area contributed by atoms with Gasteiger partial charge in [-0.2, -0.15) is 0 Å². The maximum absolute atomic E-state index is 12.6. The molecule has 2 aliphatic rings. The Morgan fingerprint density at radius 3 is 2.52 bits per heavy atom. The van der Waals surface area contributed by atoms with Crippen LogP contribution in [-0.2, 0) is 9.05 Å². The molecule has 3 rings (SSSR count). The van der Waals surface area contributed by atoms with Crippen LogP contribution in [0.1, 0.15) is 48.6 Å². The third-order valence-electron chi connectivity index (χ3n) is 4.37. The Balaban J connectivity index is 1.90. The molecule has 0 aliphatic heterocycles. The van der Waals surface area contributed by atoms with Gasteiger partial charge in [0.1, 0.15) is 10.6 Å². The summed E-state index contributed by atoms with van der Waals surface area (Å²) in [7, 11) is 3.38. The van der Waals surface area contributed by atoms with E-state index in [0.29, 0.717) is 11.6 Å². The van der Waals surface area contributed by atoms with Crippen molar-refractivity contribution in [2.24, 2.45) is 5.92 Å². The van der Waals surface area contributed by atoms with Gasteiger partial charge in [0.25, 0.3) is 15.0 Å². The molecule has 21 heavy (non-hydrogen) atoms. The number of carbonyl (C=O) groups excluding carboxylic acids is 1. The van der Waals surface area contributed by atoms with Crippen molar-refractivity contribution in [1.29, 1.82) is 0 Å². The van der Waals surface area contributed by atoms with Crippen molar-refractivity contribution in [3.8, 4) is 0 Å². The predicted octanol–water partition coefficient (Wildman–Crippen LogP) is 2.62. The van der Waals surface area contributed by atoms with Crippen molar-refractivity contribution in [1.82, 2.24) is 9.47 Å². The van der Waals surface area contributed by atoms with Gasteiger partial charge in [-0.05, 0) is 44.1 Å². The van der Waals surface area contributed by atoms with Crippen molar-refractivity contribution >= 4 is 25.6 Å². The van der Waals surface area contributed by atoms with Crippen LogP contribution in [0, 0.1) is 5.92 Å². The summed E-state index contributed by atoms with van der Waals surface area (Å²) in [6.45, 7) is 0.734. The average Bonchev–Trinajstić information content (AvgIpc) is 3.02. The number of halogens is 1. The zero-order chi connectivity index (χ0) is 15.2. The highest BCUT2D eigenvalue weighted by Gasteiger charge is 2.30. The molecule has 1 amide bonds. The van der Waals surface area contributed by atoms with Gasteiger partial charge < -0.3 is 9.47 Å². The van der Waals surface area contributed by atoms with Crippen LogP contribution in [0.15, 0.2) is 17.2 Å². The zero-order valence-corrected chi connectivity index (χ0v) is 13.5. The average molecular weight is 331 g/mol. The molecule has 116 valence electrons. The lowest BCUT2D eigenvalue weighted by Gasteiger charge is -2.29. The van der Waals surface area contributed by atoms with Crippen LogP contribution in [0.4, 0.5) is 0 Å². The quantitative estimate of drug-likeness (QED) is 0.780. The first-order valence-corrected chi connectivity index (χ1v) is 9.59. The number of hydrogen-bond donors (Lipinski definition) is 0. The molecule has 1 aromatic heterocycles. The Bertz CT molecular complexity index is 660. The molecule has 2 aliphatic carbocycles. The molecule has 0 spiro atoms. The first-order chi connectivity index (χ1) is 9.86. The number of aromatic nitrogens is 1. The molecular weight excluding hydrogens is 312 g/mol. The third kappa shape index (κ3) is 3.11. The smallest absolute Gasteiger partial charge is 0.270 e. The molecule has 0 saturated heterocycles. The standard InChI is InChI=1S/C14H19ClN2O3S/c1-16(8-10-5-6-10)14(18)13-7-12(21(15,19)20)9-17(13)11-3-2-4-11/h7,9-11H,2-6,8H2,1H3. The number of amides is 1. The minimum atomic E-state index is -3.81. The summed E-state index contributed by atoms with van der Waals surface area (Å²) < 4.78 is 24.9. The van der Waals surface area contributed by atoms with Crippen LogP contribution in [0.2, 0.25) is 0 Å². The topological polar surface area (TPSA) is 59.4 Å². The van der Waals surface area contributed by atoms with Gasteiger partial charge in [0, 0.05) is 36.5 Å². The van der Waals surface area contributed by atoms with E-state index in [1.54, 1.807) is 16.5 Å². The lowest BCUT2D eigenvalue weighted by molar-refractivity contribution is 0.0772. The van der Waals surface area contributed by atoms with E-state index in [0.717, 1.165) is 25.8 Å². The second kappa shape index (κ2) is 5.32. The normalized spacial score (nSPS) is 19.3. The van der Waals surface area contributed by atoms with Gasteiger partial charge in [-0.25, -0.2) is 8.42 Å². The van der Waals surface area contributed by atoms with E-state index in [2.05, 4.69) is 0 Å². The van der Waals surface area contributed by atoms with Gasteiger partial charge in [0.05, 0.1) is 0 Å². The highest BCUT2D eigenvalue weighted by Crippen LogP contribution is 2.35. The summed E-state index contributed by atoms with van der Waals surface area (Å²) in [6, 6.07) is 1.62. The minimum Gasteiger partial charge on any atom is -0.340 e. The second-order valence-corrected chi connectivity index (χ2v) is 8.69. The molecule has 0 aromatic carbocycles. The summed E-state index contributed by atoms with van der Waals surface area (Å²) in [6.07, 6.45) is 6.90. The fraction of sp³-hybridized carbons (Fsp3) is 0.643. The molecule has 0 atom stereocenters. The molecule has 0 radical (unpaired) electrons. The Morgan fingerprint density at radius 2 is 2.05 bits per heavy atom. The van der Waals surface area contributed by atoms with Gasteiger partial charge >= 0.3 is 0 Å². The van der Waals surface area contributed by atoms with Gasteiger partial charge in [-0.3, -0.25) is 4.79 Å². The molecule has 0 bridgehead atoms. The molecule has 1 aromatic rings. The molecule has 1 heterocycles. The predicted molar refractivity (Wildman–Crippen MR) is 80.0 cm³/mol. The van der Waals surface area contributed by atoms with E-state index in [1.807, 2.05) is 0 Å². The maximum Gasteiger partial charge on any atom is 0.270 e. The summed E-state index contributed by atoms with van der Waals surface area (Å²) >= 11 is 0. The molecule has 2 fully saturated rings. The molecule has 0 N–H and O–H groups in total. The molecule has 7 heteroatoms. The van der Waals surface area contributed by atoms with Crippen molar-refractivity contribution in [3.63, 3.8) is 0 Å². The summed E-state index contributed by atoms with van der Waals surface area (Å²) in [5, 5.41) is 0. The Labute approximate surface area is 129 Å². The summed E-state index contributed by atoms with van der Waals surface area (Å²) in [5.41, 5.74) is 0.432. The van der Waals surface area contributed by atoms with E-state index in [1.165, 1.54) is 25.1 Å². The van der Waals surface area contributed by atoms with Gasteiger partial charge in [0.2, 0.25) is 0 Å². The maximum atomic E-state index is 12.6. The van der Waals surface area contributed by atoms with Crippen molar-refractivity contribution in [2.45, 2.75) is 43.0 Å². The highest BCUT2D eigenvalue weighted by molar-refractivity contribution is 8.13. The number of nitrogens with zero attached hydrogens (tertiary/aromatic N) is 2.